The van der Waals surface area contributed by atoms with Gasteiger partial charge in [0.05, 0.1) is 22.8 Å². The number of amides is 1. The van der Waals surface area contributed by atoms with Gasteiger partial charge in [0, 0.05) is 5.69 Å². The smallest absolute Gasteiger partial charge is 0.417 e. The highest BCUT2D eigenvalue weighted by Crippen LogP contribution is 2.28. The van der Waals surface area contributed by atoms with E-state index in [0.29, 0.717) is 11.4 Å². The number of thiazole rings is 1. The van der Waals surface area contributed by atoms with E-state index < -0.39 is 6.09 Å². The van der Waals surface area contributed by atoms with E-state index in [4.69, 9.17) is 9.47 Å². The molecule has 1 heterocycles. The summed E-state index contributed by atoms with van der Waals surface area (Å²) in [5, 5.41) is 2.67. The van der Waals surface area contributed by atoms with Crippen molar-refractivity contribution in [2.75, 3.05) is 12.4 Å². The summed E-state index contributed by atoms with van der Waals surface area (Å²) in [5.41, 5.74) is 3.17. The summed E-state index contributed by atoms with van der Waals surface area (Å²) in [5.74, 6) is 1.23. The molecule has 3 rings (SSSR count). The number of anilines is 1. The number of rotatable bonds is 3. The quantitative estimate of drug-likeness (QED) is 0.796. The van der Waals surface area contributed by atoms with Crippen LogP contribution in [-0.2, 0) is 0 Å². The van der Waals surface area contributed by atoms with Gasteiger partial charge in [-0.25, -0.2) is 9.78 Å². The molecule has 0 atom stereocenters. The van der Waals surface area contributed by atoms with Crippen molar-refractivity contribution in [3.63, 3.8) is 0 Å². The molecule has 0 aliphatic carbocycles. The molecule has 0 unspecified atom stereocenters. The average Bonchev–Trinajstić information content (AvgIpc) is 2.97. The van der Waals surface area contributed by atoms with Crippen molar-refractivity contribution in [1.82, 2.24) is 4.98 Å². The third-order valence-corrected chi connectivity index (χ3v) is 3.72. The molecule has 0 saturated carbocycles. The number of aromatic nitrogens is 1. The van der Waals surface area contributed by atoms with E-state index >= 15 is 0 Å². The van der Waals surface area contributed by atoms with Crippen molar-refractivity contribution in [2.45, 2.75) is 0 Å². The second-order valence-electron chi connectivity index (χ2n) is 4.20. The molecular weight excluding hydrogens is 288 g/mol. The summed E-state index contributed by atoms with van der Waals surface area (Å²) in [6.07, 6.45) is -0.541. The Kier molecular flexibility index (Phi) is 3.70. The van der Waals surface area contributed by atoms with Gasteiger partial charge in [0.2, 0.25) is 0 Å². The molecule has 0 saturated heterocycles. The van der Waals surface area contributed by atoms with E-state index in [2.05, 4.69) is 10.3 Å². The molecule has 3 aromatic rings. The number of nitrogens with one attached hydrogen (secondary N) is 1. The Bertz CT molecular complexity index is 768. The highest BCUT2D eigenvalue weighted by molar-refractivity contribution is 7.17. The Morgan fingerprint density at radius 3 is 2.76 bits per heavy atom. The number of hydrogen-bond donors (Lipinski definition) is 1. The minimum atomic E-state index is -0.541. The largest absolute Gasteiger partial charge is 0.497 e. The fraction of sp³-hybridized carbons (Fsp3) is 0.0667. The lowest BCUT2D eigenvalue weighted by Gasteiger charge is -2.07. The lowest BCUT2D eigenvalue weighted by molar-refractivity contribution is 0.216. The molecule has 0 bridgehead atoms. The van der Waals surface area contributed by atoms with Crippen molar-refractivity contribution in [1.29, 1.82) is 0 Å². The highest BCUT2D eigenvalue weighted by Gasteiger charge is 2.10. The zero-order chi connectivity index (χ0) is 14.7. The van der Waals surface area contributed by atoms with Crippen LogP contribution in [0.25, 0.3) is 10.2 Å². The van der Waals surface area contributed by atoms with Crippen LogP contribution in [0, 0.1) is 0 Å². The maximum atomic E-state index is 11.9. The fourth-order valence-corrected chi connectivity index (χ4v) is 2.60. The van der Waals surface area contributed by atoms with Crippen LogP contribution in [0.15, 0.2) is 48.0 Å². The van der Waals surface area contributed by atoms with Gasteiger partial charge in [0.25, 0.3) is 0 Å². The van der Waals surface area contributed by atoms with Gasteiger partial charge in [-0.3, -0.25) is 5.32 Å². The van der Waals surface area contributed by atoms with Gasteiger partial charge in [-0.2, -0.15) is 0 Å². The number of fused-ring (bicyclic) bond motifs is 1. The maximum absolute atomic E-state index is 11.9. The highest BCUT2D eigenvalue weighted by atomic mass is 32.1. The van der Waals surface area contributed by atoms with Crippen molar-refractivity contribution in [2.24, 2.45) is 0 Å². The third kappa shape index (κ3) is 2.95. The van der Waals surface area contributed by atoms with Gasteiger partial charge < -0.3 is 9.47 Å². The number of carbonyl (C=O) groups is 1. The second-order valence-corrected chi connectivity index (χ2v) is 5.05. The zero-order valence-electron chi connectivity index (χ0n) is 11.2. The van der Waals surface area contributed by atoms with Crippen LogP contribution < -0.4 is 14.8 Å². The van der Waals surface area contributed by atoms with E-state index in [1.807, 2.05) is 6.07 Å². The minimum Gasteiger partial charge on any atom is -0.497 e. The first-order chi connectivity index (χ1) is 10.3. The van der Waals surface area contributed by atoms with Gasteiger partial charge in [-0.05, 0) is 36.4 Å². The van der Waals surface area contributed by atoms with Crippen LogP contribution >= 0.6 is 11.3 Å². The van der Waals surface area contributed by atoms with E-state index in [-0.39, 0.29) is 0 Å². The number of benzene rings is 2. The predicted molar refractivity (Wildman–Crippen MR) is 82.3 cm³/mol. The molecule has 1 N–H and O–H groups in total. The van der Waals surface area contributed by atoms with Gasteiger partial charge in [0.15, 0.2) is 5.75 Å². The lowest BCUT2D eigenvalue weighted by atomic mass is 10.3. The second kappa shape index (κ2) is 5.80. The maximum Gasteiger partial charge on any atom is 0.417 e. The summed E-state index contributed by atoms with van der Waals surface area (Å²) >= 11 is 1.43. The molecule has 1 aromatic heterocycles. The van der Waals surface area contributed by atoms with Crippen molar-refractivity contribution in [3.05, 3.63) is 48.0 Å². The summed E-state index contributed by atoms with van der Waals surface area (Å²) in [6.45, 7) is 0. The predicted octanol–water partition coefficient (Wildman–Crippen LogP) is 3.92. The van der Waals surface area contributed by atoms with Gasteiger partial charge in [-0.1, -0.05) is 6.07 Å². The van der Waals surface area contributed by atoms with E-state index in [0.717, 1.165) is 16.0 Å². The van der Waals surface area contributed by atoms with Gasteiger partial charge >= 0.3 is 6.09 Å². The van der Waals surface area contributed by atoms with Crippen LogP contribution in [0.4, 0.5) is 10.5 Å². The number of methoxy groups -OCH3 is 1. The van der Waals surface area contributed by atoms with Gasteiger partial charge in [-0.15, -0.1) is 11.3 Å². The van der Waals surface area contributed by atoms with Crippen LogP contribution in [0.3, 0.4) is 0 Å². The molecule has 5 nitrogen and oxygen atoms in total. The summed E-state index contributed by atoms with van der Waals surface area (Å²) in [7, 11) is 1.59. The molecule has 0 fully saturated rings. The number of hydrogen-bond acceptors (Lipinski definition) is 5. The molecule has 21 heavy (non-hydrogen) atoms. The number of ether oxygens (including phenoxy) is 2. The Morgan fingerprint density at radius 1 is 1.19 bits per heavy atom. The van der Waals surface area contributed by atoms with E-state index in [1.54, 1.807) is 49.0 Å². The van der Waals surface area contributed by atoms with Gasteiger partial charge in [0.1, 0.15) is 5.75 Å². The fourth-order valence-electron chi connectivity index (χ4n) is 1.86. The minimum absolute atomic E-state index is 0.501. The van der Waals surface area contributed by atoms with Crippen molar-refractivity contribution < 1.29 is 14.3 Å². The zero-order valence-corrected chi connectivity index (χ0v) is 12.0. The van der Waals surface area contributed by atoms with Crippen LogP contribution in [0.1, 0.15) is 0 Å². The summed E-state index contributed by atoms with van der Waals surface area (Å²) < 4.78 is 11.2. The number of nitrogens with zero attached hydrogens (tertiary/aromatic N) is 1. The summed E-state index contributed by atoms with van der Waals surface area (Å²) in [6, 6.07) is 12.4. The molecule has 1 amide bonds. The molecule has 2 aromatic carbocycles. The monoisotopic (exact) mass is 300 g/mol. The standard InChI is InChI=1S/C15H12N2O3S/c1-19-11-7-5-10(6-8-11)17-15(18)20-13-4-2-3-12-14(13)21-9-16-12/h2-9H,1H3,(H,17,18). The molecule has 0 spiro atoms. The average molecular weight is 300 g/mol. The third-order valence-electron chi connectivity index (χ3n) is 2.86. The molecule has 0 aliphatic rings. The van der Waals surface area contributed by atoms with Crippen molar-refractivity contribution in [3.8, 4) is 11.5 Å². The topological polar surface area (TPSA) is 60.5 Å². The molecular formula is C15H12N2O3S. The molecule has 0 aliphatic heterocycles. The Balaban J connectivity index is 1.72. The first kappa shape index (κ1) is 13.4. The van der Waals surface area contributed by atoms with Crippen molar-refractivity contribution >= 4 is 33.3 Å². The Hall–Kier alpha value is -2.60. The molecule has 106 valence electrons. The van der Waals surface area contributed by atoms with Crippen LogP contribution in [-0.4, -0.2) is 18.2 Å². The Morgan fingerprint density at radius 2 is 2.00 bits per heavy atom. The molecule has 6 heteroatoms. The van der Waals surface area contributed by atoms with Crippen LogP contribution in [0.5, 0.6) is 11.5 Å². The van der Waals surface area contributed by atoms with E-state index in [9.17, 15) is 4.79 Å². The Labute approximate surface area is 125 Å². The number of carbonyl (C=O) groups excluding carboxylic acids is 1. The molecule has 0 radical (unpaired) electrons. The SMILES string of the molecule is COc1ccc(NC(=O)Oc2cccc3ncsc23)cc1. The lowest BCUT2D eigenvalue weighted by Crippen LogP contribution is -2.16. The normalized spacial score (nSPS) is 10.3. The van der Waals surface area contributed by atoms with E-state index in [1.165, 1.54) is 11.3 Å². The van der Waals surface area contributed by atoms with Crippen LogP contribution in [0.2, 0.25) is 0 Å². The first-order valence-electron chi connectivity index (χ1n) is 6.21. The summed E-state index contributed by atoms with van der Waals surface area (Å²) in [4.78, 5) is 16.1. The first-order valence-corrected chi connectivity index (χ1v) is 7.09.